The van der Waals surface area contributed by atoms with E-state index in [9.17, 15) is 0 Å². The van der Waals surface area contributed by atoms with Gasteiger partial charge >= 0.3 is 195 Å². The molecule has 0 atom stereocenters. The quantitative estimate of drug-likeness (QED) is 0.211. The van der Waals surface area contributed by atoms with Crippen LogP contribution in [0.15, 0.2) is 81.6 Å². The zero-order chi connectivity index (χ0) is 22.5. The van der Waals surface area contributed by atoms with E-state index in [-0.39, 0.29) is 0 Å². The van der Waals surface area contributed by atoms with Crippen LogP contribution in [-0.2, 0) is 7.05 Å². The molecule has 1 aliphatic rings. The number of oxazole rings is 1. The molecule has 0 saturated carbocycles. The second-order valence-electron chi connectivity index (χ2n) is 9.71. The molecule has 0 spiro atoms. The van der Waals surface area contributed by atoms with Gasteiger partial charge < -0.3 is 0 Å². The summed E-state index contributed by atoms with van der Waals surface area (Å²) in [6, 6.07) is 26.1. The summed E-state index contributed by atoms with van der Waals surface area (Å²) in [6.45, 7) is 2.13. The summed E-state index contributed by atoms with van der Waals surface area (Å²) in [5, 5.41) is 2.26. The Morgan fingerprint density at radius 3 is 2.36 bits per heavy atom. The van der Waals surface area contributed by atoms with Crippen molar-refractivity contribution < 1.29 is 13.4 Å². The van der Waals surface area contributed by atoms with Crippen LogP contribution in [0.5, 0.6) is 0 Å². The van der Waals surface area contributed by atoms with Crippen LogP contribution < -0.4 is 13.4 Å². The molecule has 4 heteroatoms. The van der Waals surface area contributed by atoms with E-state index in [0.29, 0.717) is 0 Å². The summed E-state index contributed by atoms with van der Waals surface area (Å²) >= 11 is -2.34. The maximum atomic E-state index is 6.80. The van der Waals surface area contributed by atoms with Crippen molar-refractivity contribution in [1.29, 1.82) is 0 Å². The van der Waals surface area contributed by atoms with E-state index in [1.165, 1.54) is 19.9 Å². The average molecular weight is 491 g/mol. The zero-order valence-corrected chi connectivity index (χ0v) is 21.3. The number of rotatable bonds is 1. The molecule has 7 rings (SSSR count). The third-order valence-electron chi connectivity index (χ3n) is 7.51. The topological polar surface area (TPSA) is 30.2 Å². The molecular weight excluding hydrogens is 467 g/mol. The molecule has 2 aromatic heterocycles. The average Bonchev–Trinajstić information content (AvgIpc) is 3.43. The van der Waals surface area contributed by atoms with E-state index >= 15 is 0 Å². The minimum absolute atomic E-state index is 0.843. The summed E-state index contributed by atoms with van der Waals surface area (Å²) in [7, 11) is 2.10. The van der Waals surface area contributed by atoms with Gasteiger partial charge in [-0.05, 0) is 0 Å². The maximum absolute atomic E-state index is 6.80. The van der Waals surface area contributed by atoms with Gasteiger partial charge in [-0.1, -0.05) is 0 Å². The van der Waals surface area contributed by atoms with Gasteiger partial charge in [-0.2, -0.15) is 0 Å². The first-order valence-electron chi connectivity index (χ1n) is 11.4. The molecule has 4 aromatic carbocycles. The number of hydrogen-bond acceptors (Lipinski definition) is 2. The Labute approximate surface area is 194 Å². The number of para-hydroxylation sites is 1. The Balaban J connectivity index is 1.59. The predicted octanol–water partition coefficient (Wildman–Crippen LogP) is 5.94. The standard InChI is InChI=1S/C29H24GeNO2/c1-17-13-14-19-18-9-6-8-12-24(18)32-27(19)25(17)29-31(4)23-16-15-22-26(28(23)33-29)20-10-5-7-11-21(20)30(22,2)3/h5-16H,1-4H3/q+1. The van der Waals surface area contributed by atoms with Gasteiger partial charge in [0.2, 0.25) is 0 Å². The van der Waals surface area contributed by atoms with E-state index in [2.05, 4.69) is 90.7 Å². The van der Waals surface area contributed by atoms with Crippen LogP contribution in [0.25, 0.3) is 55.6 Å². The van der Waals surface area contributed by atoms with E-state index in [0.717, 1.165) is 50.1 Å². The number of benzene rings is 4. The van der Waals surface area contributed by atoms with Gasteiger partial charge in [0.05, 0.1) is 0 Å². The van der Waals surface area contributed by atoms with Gasteiger partial charge in [0, 0.05) is 0 Å². The third-order valence-corrected chi connectivity index (χ3v) is 15.0. The molecule has 0 fully saturated rings. The molecule has 0 bridgehead atoms. The molecule has 0 N–H and O–H groups in total. The summed E-state index contributed by atoms with van der Waals surface area (Å²) in [6.07, 6.45) is 0. The van der Waals surface area contributed by atoms with Gasteiger partial charge in [-0.3, -0.25) is 0 Å². The van der Waals surface area contributed by atoms with Crippen LogP contribution in [0.2, 0.25) is 11.5 Å². The van der Waals surface area contributed by atoms with Crippen LogP contribution in [0.3, 0.4) is 0 Å². The van der Waals surface area contributed by atoms with Crippen molar-refractivity contribution >= 4 is 55.1 Å². The molecule has 6 aromatic rings. The number of furan rings is 1. The van der Waals surface area contributed by atoms with Gasteiger partial charge in [0.1, 0.15) is 0 Å². The number of aromatic nitrogens is 1. The molecular formula is C29H24GeNO2+. The van der Waals surface area contributed by atoms with Gasteiger partial charge in [-0.25, -0.2) is 0 Å². The van der Waals surface area contributed by atoms with Crippen LogP contribution in [0.4, 0.5) is 0 Å². The van der Waals surface area contributed by atoms with E-state index in [4.69, 9.17) is 8.83 Å². The van der Waals surface area contributed by atoms with E-state index < -0.39 is 13.3 Å². The van der Waals surface area contributed by atoms with Crippen molar-refractivity contribution in [3.05, 3.63) is 78.4 Å². The molecule has 0 radical (unpaired) electrons. The molecule has 160 valence electrons. The molecule has 0 amide bonds. The minimum atomic E-state index is -2.34. The monoisotopic (exact) mass is 492 g/mol. The Kier molecular flexibility index (Phi) is 3.71. The van der Waals surface area contributed by atoms with Crippen molar-refractivity contribution in [3.8, 4) is 22.6 Å². The molecule has 0 saturated heterocycles. The van der Waals surface area contributed by atoms with Crippen LogP contribution in [-0.4, -0.2) is 13.3 Å². The van der Waals surface area contributed by atoms with Crippen molar-refractivity contribution in [2.45, 2.75) is 18.4 Å². The van der Waals surface area contributed by atoms with E-state index in [1.54, 1.807) is 0 Å². The Morgan fingerprint density at radius 2 is 1.48 bits per heavy atom. The predicted molar refractivity (Wildman–Crippen MR) is 137 cm³/mol. The summed E-state index contributed by atoms with van der Waals surface area (Å²) in [4.78, 5) is 0. The second kappa shape index (κ2) is 6.39. The van der Waals surface area contributed by atoms with Crippen LogP contribution >= 0.6 is 0 Å². The number of aryl methyl sites for hydroxylation is 2. The van der Waals surface area contributed by atoms with Crippen LogP contribution in [0.1, 0.15) is 5.56 Å². The first-order chi connectivity index (χ1) is 16.0. The summed E-state index contributed by atoms with van der Waals surface area (Å²) in [5.41, 5.74) is 8.72. The van der Waals surface area contributed by atoms with Gasteiger partial charge in [0.15, 0.2) is 0 Å². The normalized spacial score (nSPS) is 14.3. The second-order valence-corrected chi connectivity index (χ2v) is 18.8. The van der Waals surface area contributed by atoms with Gasteiger partial charge in [-0.15, -0.1) is 0 Å². The molecule has 0 aliphatic carbocycles. The van der Waals surface area contributed by atoms with Crippen molar-refractivity contribution in [1.82, 2.24) is 0 Å². The first-order valence-corrected chi connectivity index (χ1v) is 17.7. The van der Waals surface area contributed by atoms with Crippen molar-refractivity contribution in [2.75, 3.05) is 0 Å². The number of nitrogens with zero attached hydrogens (tertiary/aromatic N) is 1. The summed E-state index contributed by atoms with van der Waals surface area (Å²) in [5.74, 6) is 5.81. The van der Waals surface area contributed by atoms with Crippen LogP contribution in [0, 0.1) is 6.92 Å². The fourth-order valence-corrected chi connectivity index (χ4v) is 12.2. The Morgan fingerprint density at radius 1 is 0.697 bits per heavy atom. The summed E-state index contributed by atoms with van der Waals surface area (Å²) < 4.78 is 18.4. The third kappa shape index (κ3) is 2.38. The molecule has 33 heavy (non-hydrogen) atoms. The molecule has 0 unspecified atom stereocenters. The number of hydrogen-bond donors (Lipinski definition) is 0. The Bertz CT molecular complexity index is 1770. The molecule has 1 aliphatic heterocycles. The fourth-order valence-electron chi connectivity index (χ4n) is 5.76. The van der Waals surface area contributed by atoms with Gasteiger partial charge in [0.25, 0.3) is 0 Å². The fraction of sp³-hybridized carbons (Fsp3) is 0.138. The SMILES string of the molecule is Cc1ccc2c(oc3ccccc32)c1-c1oc2c3[c](ccc2[n+]1C)[Ge]([CH3])([CH3])[c]1ccccc1-3. The number of fused-ring (bicyclic) bond motifs is 8. The molecule has 3 heterocycles. The van der Waals surface area contributed by atoms with Crippen molar-refractivity contribution in [3.63, 3.8) is 0 Å². The first kappa shape index (κ1) is 19.2. The zero-order valence-electron chi connectivity index (χ0n) is 19.2. The van der Waals surface area contributed by atoms with Crippen molar-refractivity contribution in [2.24, 2.45) is 7.05 Å². The molecule has 3 nitrogen and oxygen atoms in total. The Hall–Kier alpha value is -3.31. The van der Waals surface area contributed by atoms with E-state index in [1.807, 2.05) is 12.1 Å².